The molecule has 0 saturated carbocycles. The molecule has 0 atom stereocenters. The van der Waals surface area contributed by atoms with Crippen LogP contribution < -0.4 is 11.1 Å². The number of hydrogen-bond donors (Lipinski definition) is 3. The van der Waals surface area contributed by atoms with Crippen molar-refractivity contribution in [2.75, 3.05) is 26.7 Å². The molecule has 7 heteroatoms. The normalized spacial score (nSPS) is 20.3. The SMILES string of the molecule is CC(C)COC(=O)NC1(/C(N)=N/O)CCN(C)CC1. The zero-order valence-corrected chi connectivity index (χ0v) is 11.8. The number of nitrogens with two attached hydrogens (primary N) is 1. The quantitative estimate of drug-likeness (QED) is 0.301. The van der Waals surface area contributed by atoms with E-state index in [0.29, 0.717) is 19.4 Å². The van der Waals surface area contributed by atoms with Crippen LogP contribution in [0.2, 0.25) is 0 Å². The lowest BCUT2D eigenvalue weighted by atomic mass is 9.86. The third kappa shape index (κ3) is 4.27. The molecule has 1 heterocycles. The van der Waals surface area contributed by atoms with Gasteiger partial charge in [-0.1, -0.05) is 19.0 Å². The molecule has 0 spiro atoms. The average molecular weight is 272 g/mol. The van der Waals surface area contributed by atoms with Crippen LogP contribution in [0.4, 0.5) is 4.79 Å². The zero-order valence-electron chi connectivity index (χ0n) is 11.8. The van der Waals surface area contributed by atoms with Gasteiger partial charge in [-0.2, -0.15) is 0 Å². The molecule has 110 valence electrons. The number of nitrogens with one attached hydrogen (secondary N) is 1. The molecule has 1 aliphatic heterocycles. The lowest BCUT2D eigenvalue weighted by Crippen LogP contribution is -2.62. The molecule has 1 saturated heterocycles. The maximum absolute atomic E-state index is 11.8. The van der Waals surface area contributed by atoms with Crippen molar-refractivity contribution in [3.63, 3.8) is 0 Å². The van der Waals surface area contributed by atoms with Gasteiger partial charge in [0, 0.05) is 13.1 Å². The molecule has 1 fully saturated rings. The molecule has 0 radical (unpaired) electrons. The Hall–Kier alpha value is -1.50. The minimum absolute atomic E-state index is 0.0297. The third-order valence-corrected chi connectivity index (χ3v) is 3.33. The molecule has 1 rings (SSSR count). The first-order valence-corrected chi connectivity index (χ1v) is 6.51. The van der Waals surface area contributed by atoms with Crippen molar-refractivity contribution in [1.82, 2.24) is 10.2 Å². The first kappa shape index (κ1) is 15.6. The smallest absolute Gasteiger partial charge is 0.407 e. The second kappa shape index (κ2) is 6.60. The van der Waals surface area contributed by atoms with Gasteiger partial charge < -0.3 is 25.9 Å². The minimum Gasteiger partial charge on any atom is -0.449 e. The topological polar surface area (TPSA) is 100 Å². The molecule has 1 amide bonds. The van der Waals surface area contributed by atoms with Crippen LogP contribution in [0, 0.1) is 5.92 Å². The van der Waals surface area contributed by atoms with E-state index in [4.69, 9.17) is 15.7 Å². The lowest BCUT2D eigenvalue weighted by molar-refractivity contribution is 0.115. The van der Waals surface area contributed by atoms with Crippen molar-refractivity contribution < 1.29 is 14.7 Å². The number of alkyl carbamates (subject to hydrolysis) is 1. The average Bonchev–Trinajstić information content (AvgIpc) is 2.38. The van der Waals surface area contributed by atoms with Gasteiger partial charge >= 0.3 is 6.09 Å². The Morgan fingerprint density at radius 1 is 1.53 bits per heavy atom. The number of nitrogens with zero attached hydrogens (tertiary/aromatic N) is 2. The predicted octanol–water partition coefficient (Wildman–Crippen LogP) is 0.579. The van der Waals surface area contributed by atoms with Gasteiger partial charge in [0.25, 0.3) is 0 Å². The molecule has 0 aromatic rings. The third-order valence-electron chi connectivity index (χ3n) is 3.33. The number of carbonyl (C=O) groups is 1. The second-order valence-electron chi connectivity index (χ2n) is 5.49. The molecule has 0 aliphatic carbocycles. The summed E-state index contributed by atoms with van der Waals surface area (Å²) in [4.78, 5) is 13.9. The highest BCUT2D eigenvalue weighted by molar-refractivity contribution is 5.92. The number of hydrogen-bond acceptors (Lipinski definition) is 5. The van der Waals surface area contributed by atoms with Gasteiger partial charge in [-0.15, -0.1) is 0 Å². The molecule has 0 aromatic carbocycles. The van der Waals surface area contributed by atoms with E-state index in [1.54, 1.807) is 0 Å². The van der Waals surface area contributed by atoms with E-state index >= 15 is 0 Å². The van der Waals surface area contributed by atoms with Gasteiger partial charge in [-0.05, 0) is 25.8 Å². The highest BCUT2D eigenvalue weighted by Gasteiger charge is 2.40. The summed E-state index contributed by atoms with van der Waals surface area (Å²) in [7, 11) is 1.99. The Balaban J connectivity index is 2.68. The van der Waals surface area contributed by atoms with Crippen LogP contribution in [0.3, 0.4) is 0 Å². The Morgan fingerprint density at radius 2 is 2.11 bits per heavy atom. The summed E-state index contributed by atoms with van der Waals surface area (Å²) in [5, 5.41) is 14.7. The van der Waals surface area contributed by atoms with E-state index in [-0.39, 0.29) is 11.8 Å². The van der Waals surface area contributed by atoms with Crippen LogP contribution in [0.15, 0.2) is 5.16 Å². The monoisotopic (exact) mass is 272 g/mol. The number of rotatable bonds is 4. The minimum atomic E-state index is -0.810. The summed E-state index contributed by atoms with van der Waals surface area (Å²) < 4.78 is 5.10. The van der Waals surface area contributed by atoms with Crippen LogP contribution in [-0.4, -0.2) is 54.3 Å². The summed E-state index contributed by atoms with van der Waals surface area (Å²) in [6, 6.07) is 0. The fourth-order valence-corrected chi connectivity index (χ4v) is 2.01. The molecule has 1 aliphatic rings. The molecule has 0 aromatic heterocycles. The van der Waals surface area contributed by atoms with Gasteiger partial charge in [-0.25, -0.2) is 4.79 Å². The number of amidine groups is 1. The van der Waals surface area contributed by atoms with Crippen molar-refractivity contribution in [3.05, 3.63) is 0 Å². The van der Waals surface area contributed by atoms with Crippen molar-refractivity contribution >= 4 is 11.9 Å². The highest BCUT2D eigenvalue weighted by atomic mass is 16.5. The standard InChI is InChI=1S/C12H24N4O3/c1-9(2)8-19-11(17)14-12(10(13)15-18)4-6-16(3)7-5-12/h9,18H,4-8H2,1-3H3,(H2,13,15)(H,14,17). The molecular formula is C12H24N4O3. The molecule has 7 nitrogen and oxygen atoms in total. The summed E-state index contributed by atoms with van der Waals surface area (Å²) in [5.41, 5.74) is 4.93. The fourth-order valence-electron chi connectivity index (χ4n) is 2.01. The van der Waals surface area contributed by atoms with Gasteiger partial charge in [0.1, 0.15) is 5.54 Å². The van der Waals surface area contributed by atoms with Crippen LogP contribution in [0.25, 0.3) is 0 Å². The van der Waals surface area contributed by atoms with E-state index < -0.39 is 11.6 Å². The van der Waals surface area contributed by atoms with E-state index in [0.717, 1.165) is 13.1 Å². The number of ether oxygens (including phenoxy) is 1. The Kier molecular flexibility index (Phi) is 5.41. The van der Waals surface area contributed by atoms with Crippen LogP contribution in [-0.2, 0) is 4.74 Å². The van der Waals surface area contributed by atoms with Crippen molar-refractivity contribution in [1.29, 1.82) is 0 Å². The highest BCUT2D eigenvalue weighted by Crippen LogP contribution is 2.22. The van der Waals surface area contributed by atoms with Crippen molar-refractivity contribution in [2.45, 2.75) is 32.2 Å². The van der Waals surface area contributed by atoms with Gasteiger partial charge in [0.05, 0.1) is 6.61 Å². The number of oxime groups is 1. The maximum Gasteiger partial charge on any atom is 0.407 e. The van der Waals surface area contributed by atoms with E-state index in [1.807, 2.05) is 20.9 Å². The Labute approximate surface area is 113 Å². The largest absolute Gasteiger partial charge is 0.449 e. The number of carbonyl (C=O) groups excluding carboxylic acids is 1. The van der Waals surface area contributed by atoms with Gasteiger partial charge in [0.2, 0.25) is 0 Å². The van der Waals surface area contributed by atoms with E-state index in [9.17, 15) is 4.79 Å². The summed E-state index contributed by atoms with van der Waals surface area (Å²) >= 11 is 0. The van der Waals surface area contributed by atoms with Gasteiger partial charge in [-0.3, -0.25) is 0 Å². The summed E-state index contributed by atoms with van der Waals surface area (Å²) in [5.74, 6) is 0.296. The first-order valence-electron chi connectivity index (χ1n) is 6.51. The lowest BCUT2D eigenvalue weighted by Gasteiger charge is -2.39. The molecule has 0 unspecified atom stereocenters. The van der Waals surface area contributed by atoms with Crippen LogP contribution in [0.5, 0.6) is 0 Å². The summed E-state index contributed by atoms with van der Waals surface area (Å²) in [6.45, 7) is 5.80. The predicted molar refractivity (Wildman–Crippen MR) is 72.2 cm³/mol. The number of piperidine rings is 1. The van der Waals surface area contributed by atoms with Crippen LogP contribution >= 0.6 is 0 Å². The second-order valence-corrected chi connectivity index (χ2v) is 5.49. The van der Waals surface area contributed by atoms with E-state index in [2.05, 4.69) is 15.4 Å². The van der Waals surface area contributed by atoms with Crippen molar-refractivity contribution in [2.24, 2.45) is 16.8 Å². The first-order chi connectivity index (χ1) is 8.89. The maximum atomic E-state index is 11.8. The number of amides is 1. The molecular weight excluding hydrogens is 248 g/mol. The molecule has 19 heavy (non-hydrogen) atoms. The zero-order chi connectivity index (χ0) is 14.5. The summed E-state index contributed by atoms with van der Waals surface area (Å²) in [6.07, 6.45) is 0.664. The Bertz CT molecular complexity index is 336. The fraction of sp³-hybridized carbons (Fsp3) is 0.833. The van der Waals surface area contributed by atoms with Gasteiger partial charge in [0.15, 0.2) is 5.84 Å². The number of likely N-dealkylation sites (tertiary alicyclic amines) is 1. The van der Waals surface area contributed by atoms with Crippen molar-refractivity contribution in [3.8, 4) is 0 Å². The van der Waals surface area contributed by atoms with E-state index in [1.165, 1.54) is 0 Å². The molecule has 4 N–H and O–H groups in total. The molecule has 0 bridgehead atoms. The Morgan fingerprint density at radius 3 is 2.58 bits per heavy atom. The van der Waals surface area contributed by atoms with Crippen LogP contribution in [0.1, 0.15) is 26.7 Å².